The second kappa shape index (κ2) is 7.64. The van der Waals surface area contributed by atoms with Crippen molar-refractivity contribution in [3.8, 4) is 0 Å². The van der Waals surface area contributed by atoms with Gasteiger partial charge in [-0.1, -0.05) is 13.3 Å². The lowest BCUT2D eigenvalue weighted by atomic mass is 10.0. The van der Waals surface area contributed by atoms with Crippen molar-refractivity contribution in [2.24, 2.45) is 0 Å². The Morgan fingerprint density at radius 2 is 1.90 bits per heavy atom. The van der Waals surface area contributed by atoms with Gasteiger partial charge in [-0.25, -0.2) is 4.79 Å². The fourth-order valence-electron chi connectivity index (χ4n) is 2.57. The van der Waals surface area contributed by atoms with E-state index in [9.17, 15) is 14.7 Å². The van der Waals surface area contributed by atoms with Crippen LogP contribution in [0.4, 0.5) is 4.79 Å². The molecule has 1 atom stereocenters. The van der Waals surface area contributed by atoms with Crippen LogP contribution in [-0.4, -0.2) is 52.8 Å². The minimum absolute atomic E-state index is 0.0622. The normalized spacial score (nSPS) is 19.0. The van der Waals surface area contributed by atoms with Gasteiger partial charge in [0, 0.05) is 19.1 Å². The zero-order valence-electron chi connectivity index (χ0n) is 13.5. The van der Waals surface area contributed by atoms with Crippen LogP contribution in [0.1, 0.15) is 53.4 Å². The number of carbonyl (C=O) groups excluding carboxylic acids is 1. The number of aliphatic carboxylic acids is 1. The molecular weight excluding hydrogens is 272 g/mol. The average Bonchev–Trinajstić information content (AvgIpc) is 2.34. The predicted molar refractivity (Wildman–Crippen MR) is 80.3 cm³/mol. The summed E-state index contributed by atoms with van der Waals surface area (Å²) in [7, 11) is 0. The molecule has 21 heavy (non-hydrogen) atoms. The zero-order chi connectivity index (χ0) is 16.0. The summed E-state index contributed by atoms with van der Waals surface area (Å²) in [6, 6.07) is -0.343. The number of piperidine rings is 1. The summed E-state index contributed by atoms with van der Waals surface area (Å²) >= 11 is 0. The topological polar surface area (TPSA) is 78.9 Å². The number of nitrogens with zero attached hydrogens (tertiary/aromatic N) is 1. The number of carbonyl (C=O) groups is 2. The largest absolute Gasteiger partial charge is 0.480 e. The number of carboxylic acids is 1. The molecule has 2 N–H and O–H groups in total. The Morgan fingerprint density at radius 1 is 1.33 bits per heavy atom. The van der Waals surface area contributed by atoms with E-state index in [1.807, 2.05) is 32.6 Å². The number of carboxylic acid groups (broad SMARTS) is 1. The number of nitrogens with one attached hydrogen (secondary N) is 1. The third kappa shape index (κ3) is 6.33. The number of amides is 1. The number of alkyl carbamates (subject to hydrolysis) is 1. The highest BCUT2D eigenvalue weighted by Gasteiger charge is 2.30. The van der Waals surface area contributed by atoms with Crippen molar-refractivity contribution < 1.29 is 19.4 Å². The van der Waals surface area contributed by atoms with Crippen LogP contribution in [0.25, 0.3) is 0 Å². The lowest BCUT2D eigenvalue weighted by Gasteiger charge is -2.36. The van der Waals surface area contributed by atoms with Crippen molar-refractivity contribution in [3.05, 3.63) is 0 Å². The van der Waals surface area contributed by atoms with E-state index >= 15 is 0 Å². The van der Waals surface area contributed by atoms with E-state index in [0.717, 1.165) is 19.3 Å². The molecule has 1 fully saturated rings. The Labute approximate surface area is 126 Å². The maximum atomic E-state index is 11.7. The fraction of sp³-hybridized carbons (Fsp3) is 0.867. The van der Waals surface area contributed by atoms with Gasteiger partial charge in [0.2, 0.25) is 0 Å². The minimum atomic E-state index is -0.754. The van der Waals surface area contributed by atoms with Crippen LogP contribution in [0.15, 0.2) is 0 Å². The molecule has 0 aromatic heterocycles. The molecule has 0 radical (unpaired) electrons. The van der Waals surface area contributed by atoms with Gasteiger partial charge in [-0.05, 0) is 40.0 Å². The molecule has 0 aromatic carbocycles. The van der Waals surface area contributed by atoms with E-state index in [1.165, 1.54) is 0 Å². The van der Waals surface area contributed by atoms with Crippen molar-refractivity contribution in [2.75, 3.05) is 13.1 Å². The maximum absolute atomic E-state index is 11.7. The van der Waals surface area contributed by atoms with Gasteiger partial charge in [0.15, 0.2) is 0 Å². The van der Waals surface area contributed by atoms with Gasteiger partial charge < -0.3 is 15.2 Å². The second-order valence-electron chi connectivity index (χ2n) is 6.60. The van der Waals surface area contributed by atoms with Crippen molar-refractivity contribution in [3.63, 3.8) is 0 Å². The van der Waals surface area contributed by atoms with Crippen molar-refractivity contribution >= 4 is 12.1 Å². The van der Waals surface area contributed by atoms with Crippen LogP contribution in [0, 0.1) is 0 Å². The van der Waals surface area contributed by atoms with E-state index in [0.29, 0.717) is 19.5 Å². The van der Waals surface area contributed by atoms with Crippen LogP contribution in [0.5, 0.6) is 0 Å². The molecule has 0 aromatic rings. The van der Waals surface area contributed by atoms with Gasteiger partial charge in [-0.15, -0.1) is 0 Å². The fourth-order valence-corrected chi connectivity index (χ4v) is 2.57. The number of likely N-dealkylation sites (tertiary alicyclic amines) is 1. The zero-order valence-corrected chi connectivity index (χ0v) is 13.5. The Balaban J connectivity index is 2.41. The van der Waals surface area contributed by atoms with Gasteiger partial charge in [-0.3, -0.25) is 9.69 Å². The highest BCUT2D eigenvalue weighted by Crippen LogP contribution is 2.17. The predicted octanol–water partition coefficient (Wildman–Crippen LogP) is 2.23. The Morgan fingerprint density at radius 3 is 2.33 bits per heavy atom. The van der Waals surface area contributed by atoms with E-state index in [-0.39, 0.29) is 6.04 Å². The van der Waals surface area contributed by atoms with Crippen molar-refractivity contribution in [1.29, 1.82) is 0 Å². The minimum Gasteiger partial charge on any atom is -0.480 e. The van der Waals surface area contributed by atoms with E-state index in [2.05, 4.69) is 5.32 Å². The van der Waals surface area contributed by atoms with Crippen LogP contribution in [-0.2, 0) is 9.53 Å². The van der Waals surface area contributed by atoms with E-state index < -0.39 is 23.7 Å². The second-order valence-corrected chi connectivity index (χ2v) is 6.60. The molecule has 6 nitrogen and oxygen atoms in total. The Kier molecular flexibility index (Phi) is 6.45. The van der Waals surface area contributed by atoms with Gasteiger partial charge in [0.25, 0.3) is 0 Å². The van der Waals surface area contributed by atoms with Gasteiger partial charge >= 0.3 is 12.1 Å². The van der Waals surface area contributed by atoms with E-state index in [1.54, 1.807) is 0 Å². The van der Waals surface area contributed by atoms with Crippen LogP contribution >= 0.6 is 0 Å². The van der Waals surface area contributed by atoms with Gasteiger partial charge in [-0.2, -0.15) is 0 Å². The standard InChI is InChI=1S/C15H28N2O4/c1-5-6-12(13(18)19)17-9-7-11(8-10-17)16-14(20)21-15(2,3)4/h11-12H,5-10H2,1-4H3,(H,16,20)(H,18,19). The molecule has 0 bridgehead atoms. The molecular formula is C15H28N2O4. The number of ether oxygens (including phenoxy) is 1. The maximum Gasteiger partial charge on any atom is 0.407 e. The van der Waals surface area contributed by atoms with Crippen LogP contribution in [0.3, 0.4) is 0 Å². The first kappa shape index (κ1) is 17.8. The van der Waals surface area contributed by atoms with Crippen LogP contribution in [0.2, 0.25) is 0 Å². The molecule has 0 spiro atoms. The molecule has 1 unspecified atom stereocenters. The molecule has 1 heterocycles. The summed E-state index contributed by atoms with van der Waals surface area (Å²) in [5, 5.41) is 12.1. The number of rotatable bonds is 5. The number of hydrogen-bond donors (Lipinski definition) is 2. The third-order valence-corrected chi connectivity index (χ3v) is 3.54. The first-order valence-electron chi connectivity index (χ1n) is 7.69. The molecule has 1 aliphatic heterocycles. The van der Waals surface area contributed by atoms with Crippen molar-refractivity contribution in [1.82, 2.24) is 10.2 Å². The molecule has 1 aliphatic rings. The monoisotopic (exact) mass is 300 g/mol. The first-order chi connectivity index (χ1) is 9.73. The summed E-state index contributed by atoms with van der Waals surface area (Å²) in [4.78, 5) is 25.0. The average molecular weight is 300 g/mol. The SMILES string of the molecule is CCCC(C(=O)O)N1CCC(NC(=O)OC(C)(C)C)CC1. The van der Waals surface area contributed by atoms with Crippen molar-refractivity contribution in [2.45, 2.75) is 71.1 Å². The lowest BCUT2D eigenvalue weighted by molar-refractivity contribution is -0.144. The van der Waals surface area contributed by atoms with Gasteiger partial charge in [0.05, 0.1) is 0 Å². The van der Waals surface area contributed by atoms with E-state index in [4.69, 9.17) is 4.74 Å². The number of hydrogen-bond acceptors (Lipinski definition) is 4. The third-order valence-electron chi connectivity index (χ3n) is 3.54. The lowest BCUT2D eigenvalue weighted by Crippen LogP contribution is -2.50. The molecule has 1 amide bonds. The highest BCUT2D eigenvalue weighted by atomic mass is 16.6. The first-order valence-corrected chi connectivity index (χ1v) is 7.69. The van der Waals surface area contributed by atoms with Crippen LogP contribution < -0.4 is 5.32 Å². The summed E-state index contributed by atoms with van der Waals surface area (Å²) in [5.74, 6) is -0.754. The highest BCUT2D eigenvalue weighted by molar-refractivity contribution is 5.73. The Bertz CT molecular complexity index is 357. The van der Waals surface area contributed by atoms with Gasteiger partial charge in [0.1, 0.15) is 11.6 Å². The molecule has 1 rings (SSSR count). The summed E-state index contributed by atoms with van der Waals surface area (Å²) in [5.41, 5.74) is -0.500. The summed E-state index contributed by atoms with van der Waals surface area (Å²) in [6.07, 6.45) is 2.63. The molecule has 0 saturated carbocycles. The quantitative estimate of drug-likeness (QED) is 0.814. The molecule has 122 valence electrons. The smallest absolute Gasteiger partial charge is 0.407 e. The Hall–Kier alpha value is -1.30. The molecule has 6 heteroatoms. The summed E-state index contributed by atoms with van der Waals surface area (Å²) < 4.78 is 5.23. The molecule has 1 saturated heterocycles. The molecule has 0 aliphatic carbocycles. The summed E-state index contributed by atoms with van der Waals surface area (Å²) in [6.45, 7) is 8.87.